The molecule has 0 saturated carbocycles. The zero-order chi connectivity index (χ0) is 18.4. The number of carbonyl (C=O) groups excluding carboxylic acids is 2. The van der Waals surface area contributed by atoms with Gasteiger partial charge in [0.15, 0.2) is 0 Å². The Bertz CT molecular complexity index is 728. The van der Waals surface area contributed by atoms with Crippen molar-refractivity contribution in [3.63, 3.8) is 0 Å². The second-order valence-corrected chi connectivity index (χ2v) is 7.65. The molecule has 2 N–H and O–H groups in total. The van der Waals surface area contributed by atoms with Gasteiger partial charge in [-0.25, -0.2) is 0 Å². The quantitative estimate of drug-likeness (QED) is 0.772. The predicted molar refractivity (Wildman–Crippen MR) is 100 cm³/mol. The monoisotopic (exact) mass is 380 g/mol. The number of ether oxygens (including phenoxy) is 1. The Kier molecular flexibility index (Phi) is 6.84. The first-order chi connectivity index (χ1) is 11.9. The van der Waals surface area contributed by atoms with Gasteiger partial charge in [0, 0.05) is 10.4 Å². The second kappa shape index (κ2) is 8.87. The fraction of sp³-hybridized carbons (Fsp3) is 0.333. The van der Waals surface area contributed by atoms with E-state index in [1.54, 1.807) is 37.4 Å². The summed E-state index contributed by atoms with van der Waals surface area (Å²) in [6, 6.07) is 9.78. The molecule has 1 atom stereocenters. The smallest absolute Gasteiger partial charge is 0.251 e. The van der Waals surface area contributed by atoms with Gasteiger partial charge in [0.1, 0.15) is 11.8 Å². The van der Waals surface area contributed by atoms with Gasteiger partial charge < -0.3 is 15.4 Å². The minimum absolute atomic E-state index is 0.0471. The van der Waals surface area contributed by atoms with E-state index in [0.717, 1.165) is 4.88 Å². The average Bonchev–Trinajstić information content (AvgIpc) is 3.02. The summed E-state index contributed by atoms with van der Waals surface area (Å²) < 4.78 is 5.76. The highest BCUT2D eigenvalue weighted by Gasteiger charge is 2.24. The Labute approximate surface area is 156 Å². The van der Waals surface area contributed by atoms with Gasteiger partial charge in [0.05, 0.1) is 18.0 Å². The number of thiophene rings is 1. The zero-order valence-electron chi connectivity index (χ0n) is 14.3. The molecule has 1 aromatic heterocycles. The molecule has 2 amide bonds. The van der Waals surface area contributed by atoms with Gasteiger partial charge in [-0.3, -0.25) is 9.59 Å². The van der Waals surface area contributed by atoms with Crippen LogP contribution in [0.3, 0.4) is 0 Å². The van der Waals surface area contributed by atoms with Crippen LogP contribution in [0.15, 0.2) is 36.4 Å². The van der Waals surface area contributed by atoms with Crippen LogP contribution in [0.25, 0.3) is 0 Å². The van der Waals surface area contributed by atoms with E-state index in [1.807, 2.05) is 19.9 Å². The van der Waals surface area contributed by atoms with E-state index in [1.165, 1.54) is 11.3 Å². The number of methoxy groups -OCH3 is 1. The standard InChI is InChI=1S/C18H21ClN2O3S/c1-11(2)16(18(23)20-10-14-8-9-15(19)25-14)21-17(22)12-4-6-13(24-3)7-5-12/h4-9,11,16H,10H2,1-3H3,(H,20,23)(H,21,22). The number of hydrogen-bond donors (Lipinski definition) is 2. The average molecular weight is 381 g/mol. The molecule has 1 aromatic carbocycles. The maximum Gasteiger partial charge on any atom is 0.251 e. The summed E-state index contributed by atoms with van der Waals surface area (Å²) in [7, 11) is 1.56. The van der Waals surface area contributed by atoms with Crippen molar-refractivity contribution in [3.8, 4) is 5.75 Å². The van der Waals surface area contributed by atoms with E-state index in [0.29, 0.717) is 22.2 Å². The molecule has 5 nitrogen and oxygen atoms in total. The van der Waals surface area contributed by atoms with Crippen LogP contribution in [0.4, 0.5) is 0 Å². The molecule has 0 saturated heterocycles. The maximum atomic E-state index is 12.5. The highest BCUT2D eigenvalue weighted by atomic mass is 35.5. The van der Waals surface area contributed by atoms with Crippen molar-refractivity contribution in [1.29, 1.82) is 0 Å². The molecule has 134 valence electrons. The van der Waals surface area contributed by atoms with Crippen molar-refractivity contribution >= 4 is 34.8 Å². The van der Waals surface area contributed by atoms with E-state index < -0.39 is 6.04 Å². The molecule has 0 radical (unpaired) electrons. The lowest BCUT2D eigenvalue weighted by atomic mass is 10.0. The third kappa shape index (κ3) is 5.47. The highest BCUT2D eigenvalue weighted by molar-refractivity contribution is 7.16. The Morgan fingerprint density at radius 2 is 1.84 bits per heavy atom. The predicted octanol–water partition coefficient (Wildman–Crippen LogP) is 3.48. The van der Waals surface area contributed by atoms with Crippen LogP contribution < -0.4 is 15.4 Å². The first-order valence-corrected chi connectivity index (χ1v) is 9.07. The highest BCUT2D eigenvalue weighted by Crippen LogP contribution is 2.21. The van der Waals surface area contributed by atoms with Crippen molar-refractivity contribution in [1.82, 2.24) is 10.6 Å². The normalized spacial score (nSPS) is 11.9. The summed E-state index contributed by atoms with van der Waals surface area (Å²) >= 11 is 7.30. The molecule has 0 bridgehead atoms. The first-order valence-electron chi connectivity index (χ1n) is 7.87. The van der Waals surface area contributed by atoms with Crippen LogP contribution >= 0.6 is 22.9 Å². The van der Waals surface area contributed by atoms with Crippen molar-refractivity contribution in [2.75, 3.05) is 7.11 Å². The molecule has 1 unspecified atom stereocenters. The number of amides is 2. The van der Waals surface area contributed by atoms with Crippen LogP contribution in [0.5, 0.6) is 5.75 Å². The van der Waals surface area contributed by atoms with Crippen molar-refractivity contribution in [3.05, 3.63) is 51.2 Å². The fourth-order valence-electron chi connectivity index (χ4n) is 2.23. The third-order valence-corrected chi connectivity index (χ3v) is 4.88. The number of benzene rings is 1. The van der Waals surface area contributed by atoms with E-state index in [4.69, 9.17) is 16.3 Å². The van der Waals surface area contributed by atoms with Gasteiger partial charge in [-0.2, -0.15) is 0 Å². The van der Waals surface area contributed by atoms with E-state index >= 15 is 0 Å². The minimum Gasteiger partial charge on any atom is -0.497 e. The van der Waals surface area contributed by atoms with Gasteiger partial charge in [-0.15, -0.1) is 11.3 Å². The SMILES string of the molecule is COc1ccc(C(=O)NC(C(=O)NCc2ccc(Cl)s2)C(C)C)cc1. The number of nitrogens with one attached hydrogen (secondary N) is 2. The summed E-state index contributed by atoms with van der Waals surface area (Å²) in [6.45, 7) is 4.17. The summed E-state index contributed by atoms with van der Waals surface area (Å²) in [5.74, 6) is 0.107. The number of hydrogen-bond acceptors (Lipinski definition) is 4. The zero-order valence-corrected chi connectivity index (χ0v) is 15.9. The molecule has 2 aromatic rings. The maximum absolute atomic E-state index is 12.5. The van der Waals surface area contributed by atoms with Crippen molar-refractivity contribution in [2.45, 2.75) is 26.4 Å². The van der Waals surface area contributed by atoms with Crippen LogP contribution in [0.2, 0.25) is 4.34 Å². The van der Waals surface area contributed by atoms with Crippen LogP contribution in [-0.4, -0.2) is 25.0 Å². The molecule has 1 heterocycles. The number of halogens is 1. The second-order valence-electron chi connectivity index (χ2n) is 5.85. The molecule has 0 fully saturated rings. The summed E-state index contributed by atoms with van der Waals surface area (Å²) in [4.78, 5) is 25.8. The van der Waals surface area contributed by atoms with Gasteiger partial charge >= 0.3 is 0 Å². The van der Waals surface area contributed by atoms with Crippen molar-refractivity contribution < 1.29 is 14.3 Å². The largest absolute Gasteiger partial charge is 0.497 e. The summed E-state index contributed by atoms with van der Waals surface area (Å²) in [5, 5.41) is 5.64. The Hall–Kier alpha value is -2.05. The number of rotatable bonds is 7. The molecule has 2 rings (SSSR count). The minimum atomic E-state index is -0.620. The molecular weight excluding hydrogens is 360 g/mol. The Balaban J connectivity index is 1.98. The van der Waals surface area contributed by atoms with Gasteiger partial charge in [0.2, 0.25) is 5.91 Å². The first kappa shape index (κ1) is 19.3. The Morgan fingerprint density at radius 1 is 1.16 bits per heavy atom. The van der Waals surface area contributed by atoms with Gasteiger partial charge in [-0.05, 0) is 42.3 Å². The number of carbonyl (C=O) groups is 2. The molecular formula is C18H21ClN2O3S. The molecule has 0 aliphatic carbocycles. The Morgan fingerprint density at radius 3 is 2.36 bits per heavy atom. The van der Waals surface area contributed by atoms with E-state index in [-0.39, 0.29) is 17.7 Å². The fourth-order valence-corrected chi connectivity index (χ4v) is 3.26. The van der Waals surface area contributed by atoms with E-state index in [2.05, 4.69) is 10.6 Å². The van der Waals surface area contributed by atoms with Gasteiger partial charge in [0.25, 0.3) is 5.91 Å². The lowest BCUT2D eigenvalue weighted by molar-refractivity contribution is -0.124. The topological polar surface area (TPSA) is 67.4 Å². The molecule has 7 heteroatoms. The van der Waals surface area contributed by atoms with Gasteiger partial charge in [-0.1, -0.05) is 25.4 Å². The summed E-state index contributed by atoms with van der Waals surface area (Å²) in [6.07, 6.45) is 0. The summed E-state index contributed by atoms with van der Waals surface area (Å²) in [5.41, 5.74) is 0.476. The molecule has 0 aliphatic rings. The third-order valence-electron chi connectivity index (χ3n) is 3.65. The lowest BCUT2D eigenvalue weighted by Gasteiger charge is -2.21. The molecule has 25 heavy (non-hydrogen) atoms. The molecule has 0 aliphatic heterocycles. The van der Waals surface area contributed by atoms with Crippen LogP contribution in [-0.2, 0) is 11.3 Å². The molecule has 0 spiro atoms. The van der Waals surface area contributed by atoms with Crippen LogP contribution in [0, 0.1) is 5.92 Å². The van der Waals surface area contributed by atoms with E-state index in [9.17, 15) is 9.59 Å². The van der Waals surface area contributed by atoms with Crippen LogP contribution in [0.1, 0.15) is 29.1 Å². The van der Waals surface area contributed by atoms with Crippen molar-refractivity contribution in [2.24, 2.45) is 5.92 Å². The lowest BCUT2D eigenvalue weighted by Crippen LogP contribution is -2.49.